The molecule has 0 aromatic heterocycles. The number of rotatable bonds is 6. The van der Waals surface area contributed by atoms with Gasteiger partial charge in [-0.2, -0.15) is 0 Å². The average Bonchev–Trinajstić information content (AvgIpc) is 3.11. The SMILES string of the molecule is NCCC(=O)c1cccc(Br)c1OCC1CC1. The van der Waals surface area contributed by atoms with Crippen molar-refractivity contribution in [2.45, 2.75) is 19.3 Å². The number of hydrogen-bond acceptors (Lipinski definition) is 3. The summed E-state index contributed by atoms with van der Waals surface area (Å²) in [7, 11) is 0. The largest absolute Gasteiger partial charge is 0.491 e. The Bertz CT molecular complexity index is 416. The number of halogens is 1. The fourth-order valence-electron chi connectivity index (χ4n) is 1.63. The van der Waals surface area contributed by atoms with Crippen LogP contribution in [0.25, 0.3) is 0 Å². The van der Waals surface area contributed by atoms with Gasteiger partial charge in [0.25, 0.3) is 0 Å². The van der Waals surface area contributed by atoms with Gasteiger partial charge in [0.15, 0.2) is 5.78 Å². The average molecular weight is 298 g/mol. The molecule has 0 aliphatic heterocycles. The van der Waals surface area contributed by atoms with E-state index >= 15 is 0 Å². The van der Waals surface area contributed by atoms with Crippen molar-refractivity contribution in [2.24, 2.45) is 11.7 Å². The van der Waals surface area contributed by atoms with Crippen molar-refractivity contribution < 1.29 is 9.53 Å². The molecule has 0 atom stereocenters. The standard InChI is InChI=1S/C13H16BrNO2/c14-11-3-1-2-10(12(16)6-7-15)13(11)17-8-9-4-5-9/h1-3,9H,4-8,15H2. The third kappa shape index (κ3) is 3.30. The zero-order valence-electron chi connectivity index (χ0n) is 9.62. The molecule has 1 aliphatic carbocycles. The minimum atomic E-state index is 0.0413. The molecule has 0 bridgehead atoms. The summed E-state index contributed by atoms with van der Waals surface area (Å²) in [5.74, 6) is 1.37. The van der Waals surface area contributed by atoms with E-state index in [-0.39, 0.29) is 5.78 Å². The molecule has 2 rings (SSSR count). The molecule has 1 aromatic rings. The zero-order valence-corrected chi connectivity index (χ0v) is 11.2. The maximum atomic E-state index is 11.9. The van der Waals surface area contributed by atoms with Gasteiger partial charge in [0, 0.05) is 6.42 Å². The summed E-state index contributed by atoms with van der Waals surface area (Å²) in [6.45, 7) is 1.07. The Labute approximate surface area is 109 Å². The first-order valence-electron chi connectivity index (χ1n) is 5.87. The van der Waals surface area contributed by atoms with Crippen LogP contribution in [0.3, 0.4) is 0 Å². The lowest BCUT2D eigenvalue weighted by Gasteiger charge is -2.12. The van der Waals surface area contributed by atoms with Crippen LogP contribution in [0.2, 0.25) is 0 Å². The summed E-state index contributed by atoms with van der Waals surface area (Å²) in [5, 5.41) is 0. The Kier molecular flexibility index (Phi) is 4.18. The van der Waals surface area contributed by atoms with Crippen LogP contribution in [0.4, 0.5) is 0 Å². The minimum Gasteiger partial charge on any atom is -0.491 e. The van der Waals surface area contributed by atoms with Gasteiger partial charge in [0.1, 0.15) is 5.75 Å². The second-order valence-electron chi connectivity index (χ2n) is 4.33. The van der Waals surface area contributed by atoms with Crippen molar-refractivity contribution in [1.29, 1.82) is 0 Å². The van der Waals surface area contributed by atoms with E-state index in [1.54, 1.807) is 6.07 Å². The van der Waals surface area contributed by atoms with E-state index < -0.39 is 0 Å². The molecular formula is C13H16BrNO2. The van der Waals surface area contributed by atoms with Gasteiger partial charge in [0.2, 0.25) is 0 Å². The molecule has 4 heteroatoms. The maximum Gasteiger partial charge on any atom is 0.167 e. The van der Waals surface area contributed by atoms with Crippen LogP contribution in [0.5, 0.6) is 5.75 Å². The third-order valence-corrected chi connectivity index (χ3v) is 3.42. The van der Waals surface area contributed by atoms with Crippen molar-refractivity contribution in [1.82, 2.24) is 0 Å². The summed E-state index contributed by atoms with van der Waals surface area (Å²) in [6.07, 6.45) is 2.82. The fourth-order valence-corrected chi connectivity index (χ4v) is 2.11. The minimum absolute atomic E-state index is 0.0413. The number of Topliss-reactive ketones (excluding diaryl/α,β-unsaturated/α-hetero) is 1. The topological polar surface area (TPSA) is 52.3 Å². The van der Waals surface area contributed by atoms with Crippen molar-refractivity contribution in [3.63, 3.8) is 0 Å². The van der Waals surface area contributed by atoms with Crippen LogP contribution in [0.15, 0.2) is 22.7 Å². The van der Waals surface area contributed by atoms with Crippen molar-refractivity contribution in [3.8, 4) is 5.75 Å². The summed E-state index contributed by atoms with van der Waals surface area (Å²) >= 11 is 3.43. The normalized spacial score (nSPS) is 14.7. The molecule has 0 radical (unpaired) electrons. The number of para-hydroxylation sites is 1. The lowest BCUT2D eigenvalue weighted by molar-refractivity contribution is 0.0981. The quantitative estimate of drug-likeness (QED) is 0.822. The van der Waals surface area contributed by atoms with Crippen molar-refractivity contribution >= 4 is 21.7 Å². The van der Waals surface area contributed by atoms with Gasteiger partial charge < -0.3 is 10.5 Å². The highest BCUT2D eigenvalue weighted by atomic mass is 79.9. The van der Waals surface area contributed by atoms with Crippen LogP contribution in [0, 0.1) is 5.92 Å². The lowest BCUT2D eigenvalue weighted by atomic mass is 10.1. The molecule has 1 aliphatic rings. The number of benzene rings is 1. The molecule has 0 spiro atoms. The number of ether oxygens (including phenoxy) is 1. The highest BCUT2D eigenvalue weighted by Gasteiger charge is 2.23. The molecule has 3 nitrogen and oxygen atoms in total. The van der Waals surface area contributed by atoms with Gasteiger partial charge >= 0.3 is 0 Å². The lowest BCUT2D eigenvalue weighted by Crippen LogP contribution is -2.11. The second-order valence-corrected chi connectivity index (χ2v) is 5.19. The monoisotopic (exact) mass is 297 g/mol. The second kappa shape index (κ2) is 5.65. The predicted molar refractivity (Wildman–Crippen MR) is 70.4 cm³/mol. The first-order valence-corrected chi connectivity index (χ1v) is 6.66. The Morgan fingerprint density at radius 1 is 1.47 bits per heavy atom. The molecule has 1 fully saturated rings. The highest BCUT2D eigenvalue weighted by molar-refractivity contribution is 9.10. The van der Waals surface area contributed by atoms with Gasteiger partial charge in [-0.1, -0.05) is 6.07 Å². The molecule has 0 unspecified atom stereocenters. The van der Waals surface area contributed by atoms with Gasteiger partial charge in [0.05, 0.1) is 16.6 Å². The van der Waals surface area contributed by atoms with Crippen molar-refractivity contribution in [3.05, 3.63) is 28.2 Å². The van der Waals surface area contributed by atoms with Crippen molar-refractivity contribution in [2.75, 3.05) is 13.2 Å². The van der Waals surface area contributed by atoms with E-state index in [1.807, 2.05) is 12.1 Å². The summed E-state index contributed by atoms with van der Waals surface area (Å²) in [5.41, 5.74) is 6.04. The van der Waals surface area contributed by atoms with Gasteiger partial charge in [-0.05, 0) is 53.4 Å². The fraction of sp³-hybridized carbons (Fsp3) is 0.462. The maximum absolute atomic E-state index is 11.9. The zero-order chi connectivity index (χ0) is 12.3. The number of carbonyl (C=O) groups excluding carboxylic acids is 1. The smallest absolute Gasteiger partial charge is 0.167 e. The van der Waals surface area contributed by atoms with Gasteiger partial charge in [-0.15, -0.1) is 0 Å². The first-order chi connectivity index (χ1) is 8.22. The Morgan fingerprint density at radius 3 is 2.88 bits per heavy atom. The highest BCUT2D eigenvalue weighted by Crippen LogP contribution is 2.34. The molecule has 17 heavy (non-hydrogen) atoms. The number of carbonyl (C=O) groups is 1. The molecular weight excluding hydrogens is 282 g/mol. The van der Waals surface area contributed by atoms with E-state index in [0.29, 0.717) is 36.8 Å². The van der Waals surface area contributed by atoms with E-state index in [0.717, 1.165) is 4.47 Å². The van der Waals surface area contributed by atoms with Crippen LogP contribution < -0.4 is 10.5 Å². The summed E-state index contributed by atoms with van der Waals surface area (Å²) in [4.78, 5) is 11.9. The van der Waals surface area contributed by atoms with Gasteiger partial charge in [-0.3, -0.25) is 4.79 Å². The van der Waals surface area contributed by atoms with E-state index in [9.17, 15) is 4.79 Å². The van der Waals surface area contributed by atoms with E-state index in [2.05, 4.69) is 15.9 Å². The van der Waals surface area contributed by atoms with Crippen LogP contribution in [-0.4, -0.2) is 18.9 Å². The Morgan fingerprint density at radius 2 is 2.24 bits per heavy atom. The van der Waals surface area contributed by atoms with Gasteiger partial charge in [-0.25, -0.2) is 0 Å². The molecule has 0 amide bonds. The molecule has 1 saturated carbocycles. The number of hydrogen-bond donors (Lipinski definition) is 1. The number of ketones is 1. The van der Waals surface area contributed by atoms with E-state index in [4.69, 9.17) is 10.5 Å². The summed E-state index contributed by atoms with van der Waals surface area (Å²) < 4.78 is 6.59. The number of nitrogens with two attached hydrogens (primary N) is 1. The molecule has 2 N–H and O–H groups in total. The predicted octanol–water partition coefficient (Wildman–Crippen LogP) is 2.77. The third-order valence-electron chi connectivity index (χ3n) is 2.80. The van der Waals surface area contributed by atoms with Crippen LogP contribution in [-0.2, 0) is 0 Å². The molecule has 92 valence electrons. The van der Waals surface area contributed by atoms with E-state index in [1.165, 1.54) is 12.8 Å². The summed E-state index contributed by atoms with van der Waals surface area (Å²) in [6, 6.07) is 5.53. The Balaban J connectivity index is 2.16. The molecule has 1 aromatic carbocycles. The first kappa shape index (κ1) is 12.6. The van der Waals surface area contributed by atoms with Crippen LogP contribution >= 0.6 is 15.9 Å². The molecule has 0 heterocycles. The molecule has 0 saturated heterocycles. The van der Waals surface area contributed by atoms with Crippen LogP contribution in [0.1, 0.15) is 29.6 Å². The Hall–Kier alpha value is -0.870.